The molecule has 0 aromatic heterocycles. The second-order valence-corrected chi connectivity index (χ2v) is 5.43. The number of nitrogens with zero attached hydrogens (tertiary/aromatic N) is 1. The van der Waals surface area contributed by atoms with E-state index in [1.165, 1.54) is 12.2 Å². The van der Waals surface area contributed by atoms with E-state index in [0.717, 1.165) is 0 Å². The van der Waals surface area contributed by atoms with Gasteiger partial charge >= 0.3 is 0 Å². The van der Waals surface area contributed by atoms with E-state index >= 15 is 0 Å². The van der Waals surface area contributed by atoms with Gasteiger partial charge < -0.3 is 4.74 Å². The fourth-order valence-electron chi connectivity index (χ4n) is 3.31. The van der Waals surface area contributed by atoms with E-state index in [1.54, 1.807) is 0 Å². The zero-order valence-corrected chi connectivity index (χ0v) is 11.0. The molecule has 3 aliphatic rings. The molecule has 0 unspecified atom stereocenters. The molecule has 0 N–H and O–H groups in total. The molecule has 2 amide bonds. The SMILES string of the molecule is O=C1[C@@H]2[C@@H](C(=O)N1c1c(F)c(F)c(F)c(F)c1F)[C@H]1C=C[C@H]2O1. The largest absolute Gasteiger partial charge is 0.365 e. The molecule has 2 saturated heterocycles. The lowest BCUT2D eigenvalue weighted by Crippen LogP contribution is -2.36. The number of halogens is 5. The summed E-state index contributed by atoms with van der Waals surface area (Å²) in [4.78, 5) is 24.7. The fraction of sp³-hybridized carbons (Fsp3) is 0.286. The molecule has 0 radical (unpaired) electrons. The first-order chi connectivity index (χ1) is 10.8. The highest BCUT2D eigenvalue weighted by Gasteiger charge is 2.62. The second-order valence-electron chi connectivity index (χ2n) is 5.43. The summed E-state index contributed by atoms with van der Waals surface area (Å²) in [5, 5.41) is 0. The lowest BCUT2D eigenvalue weighted by atomic mass is 9.85. The Morgan fingerprint density at radius 1 is 0.739 bits per heavy atom. The smallest absolute Gasteiger partial charge is 0.240 e. The van der Waals surface area contributed by atoms with E-state index < -0.39 is 70.6 Å². The van der Waals surface area contributed by atoms with Gasteiger partial charge in [-0.15, -0.1) is 0 Å². The molecule has 2 fully saturated rings. The predicted octanol–water partition coefficient (Wildman–Crippen LogP) is 1.82. The summed E-state index contributed by atoms with van der Waals surface area (Å²) in [7, 11) is 0. The van der Waals surface area contributed by atoms with Gasteiger partial charge in [-0.2, -0.15) is 0 Å². The summed E-state index contributed by atoms with van der Waals surface area (Å²) in [5.41, 5.74) is -1.54. The van der Waals surface area contributed by atoms with E-state index in [1.807, 2.05) is 0 Å². The molecule has 120 valence electrons. The van der Waals surface area contributed by atoms with Crippen LogP contribution in [0.3, 0.4) is 0 Å². The number of hydrogen-bond acceptors (Lipinski definition) is 3. The third-order valence-electron chi connectivity index (χ3n) is 4.32. The number of imide groups is 1. The lowest BCUT2D eigenvalue weighted by molar-refractivity contribution is -0.124. The van der Waals surface area contributed by atoms with Crippen molar-refractivity contribution in [3.8, 4) is 0 Å². The fourth-order valence-corrected chi connectivity index (χ4v) is 3.31. The number of anilines is 1. The van der Waals surface area contributed by atoms with E-state index in [4.69, 9.17) is 4.74 Å². The van der Waals surface area contributed by atoms with Crippen molar-refractivity contribution in [3.63, 3.8) is 0 Å². The molecule has 1 aromatic carbocycles. The normalized spacial score (nSPS) is 31.4. The van der Waals surface area contributed by atoms with Crippen molar-refractivity contribution in [2.24, 2.45) is 11.8 Å². The van der Waals surface area contributed by atoms with Gasteiger partial charge in [0.1, 0.15) is 5.69 Å². The summed E-state index contributed by atoms with van der Waals surface area (Å²) in [6.07, 6.45) is 1.57. The number of carbonyl (C=O) groups is 2. The van der Waals surface area contributed by atoms with Gasteiger partial charge in [0, 0.05) is 0 Å². The Morgan fingerprint density at radius 3 is 1.57 bits per heavy atom. The highest BCUT2D eigenvalue weighted by Crippen LogP contribution is 2.47. The van der Waals surface area contributed by atoms with E-state index in [9.17, 15) is 31.5 Å². The molecule has 4 nitrogen and oxygen atoms in total. The number of fused-ring (bicyclic) bond motifs is 5. The van der Waals surface area contributed by atoms with Crippen LogP contribution in [0.25, 0.3) is 0 Å². The minimum absolute atomic E-state index is 0.0428. The standard InChI is InChI=1S/C14H6F5NO3/c15-7-8(16)10(18)12(11(19)9(7)17)20-13(21)5-3-1-2-4(23-3)6(5)14(20)22/h1-6H/t3-,4-,5+,6+/m1/s1. The van der Waals surface area contributed by atoms with Gasteiger partial charge in [0.25, 0.3) is 0 Å². The number of benzene rings is 1. The van der Waals surface area contributed by atoms with Gasteiger partial charge in [-0.3, -0.25) is 9.59 Å². The Labute approximate surface area is 125 Å². The molecule has 0 spiro atoms. The van der Waals surface area contributed by atoms with Crippen LogP contribution in [0.15, 0.2) is 12.2 Å². The van der Waals surface area contributed by atoms with Gasteiger partial charge in [-0.1, -0.05) is 12.2 Å². The second kappa shape index (κ2) is 4.38. The molecule has 23 heavy (non-hydrogen) atoms. The van der Waals surface area contributed by atoms with Crippen LogP contribution in [0.2, 0.25) is 0 Å². The van der Waals surface area contributed by atoms with Crippen LogP contribution in [0.1, 0.15) is 0 Å². The Hall–Kier alpha value is -2.29. The van der Waals surface area contributed by atoms with Crippen molar-refractivity contribution in [1.82, 2.24) is 0 Å². The van der Waals surface area contributed by atoms with E-state index in [2.05, 4.69) is 0 Å². The Balaban J connectivity index is 1.88. The molecule has 0 saturated carbocycles. The topological polar surface area (TPSA) is 46.6 Å². The highest BCUT2D eigenvalue weighted by atomic mass is 19.2. The average molecular weight is 331 g/mol. The minimum Gasteiger partial charge on any atom is -0.365 e. The summed E-state index contributed by atoms with van der Waals surface area (Å²) < 4.78 is 72.8. The molecule has 4 rings (SSSR count). The molecule has 1 aromatic rings. The molecule has 3 heterocycles. The van der Waals surface area contributed by atoms with E-state index in [-0.39, 0.29) is 4.90 Å². The minimum atomic E-state index is -2.35. The molecule has 2 bridgehead atoms. The first-order valence-corrected chi connectivity index (χ1v) is 6.57. The highest BCUT2D eigenvalue weighted by molar-refractivity contribution is 6.23. The number of rotatable bonds is 1. The summed E-state index contributed by atoms with van der Waals surface area (Å²) in [6.45, 7) is 0. The van der Waals surface area contributed by atoms with Gasteiger partial charge in [0.05, 0.1) is 24.0 Å². The van der Waals surface area contributed by atoms with Crippen LogP contribution in [-0.4, -0.2) is 24.0 Å². The Morgan fingerprint density at radius 2 is 1.13 bits per heavy atom. The van der Waals surface area contributed by atoms with Crippen molar-refractivity contribution >= 4 is 17.5 Å². The van der Waals surface area contributed by atoms with Gasteiger partial charge in [-0.25, -0.2) is 26.9 Å². The summed E-state index contributed by atoms with van der Waals surface area (Å²) in [5.74, 6) is -15.3. The average Bonchev–Trinajstić information content (AvgIpc) is 3.20. The first kappa shape index (κ1) is 14.3. The van der Waals surface area contributed by atoms with E-state index in [0.29, 0.717) is 0 Å². The van der Waals surface area contributed by atoms with Crippen molar-refractivity contribution in [2.75, 3.05) is 4.90 Å². The summed E-state index contributed by atoms with van der Waals surface area (Å²) in [6, 6.07) is 0. The zero-order chi connectivity index (χ0) is 16.6. The van der Waals surface area contributed by atoms with Crippen LogP contribution in [0, 0.1) is 40.9 Å². The first-order valence-electron chi connectivity index (χ1n) is 6.57. The van der Waals surface area contributed by atoms with Crippen molar-refractivity contribution in [2.45, 2.75) is 12.2 Å². The summed E-state index contributed by atoms with van der Waals surface area (Å²) >= 11 is 0. The van der Waals surface area contributed by atoms with Gasteiger partial charge in [-0.05, 0) is 0 Å². The molecule has 4 atom stereocenters. The third-order valence-corrected chi connectivity index (χ3v) is 4.32. The van der Waals surface area contributed by atoms with Crippen LogP contribution in [0.4, 0.5) is 27.6 Å². The predicted molar refractivity (Wildman–Crippen MR) is 63.5 cm³/mol. The van der Waals surface area contributed by atoms with Crippen LogP contribution in [0.5, 0.6) is 0 Å². The molecule has 9 heteroatoms. The van der Waals surface area contributed by atoms with Gasteiger partial charge in [0.15, 0.2) is 23.3 Å². The number of carbonyl (C=O) groups excluding carboxylic acids is 2. The van der Waals surface area contributed by atoms with Crippen LogP contribution in [-0.2, 0) is 14.3 Å². The Bertz CT molecular complexity index is 749. The van der Waals surface area contributed by atoms with Crippen molar-refractivity contribution in [3.05, 3.63) is 41.2 Å². The molecular weight excluding hydrogens is 325 g/mol. The molecule has 0 aliphatic carbocycles. The maximum atomic E-state index is 13.9. The third kappa shape index (κ3) is 1.57. The van der Waals surface area contributed by atoms with Gasteiger partial charge in [0.2, 0.25) is 17.6 Å². The number of ether oxygens (including phenoxy) is 1. The number of amides is 2. The quantitative estimate of drug-likeness (QED) is 0.259. The Kier molecular flexibility index (Phi) is 2.72. The van der Waals surface area contributed by atoms with Crippen molar-refractivity contribution < 1.29 is 36.3 Å². The monoisotopic (exact) mass is 331 g/mol. The zero-order valence-electron chi connectivity index (χ0n) is 11.0. The van der Waals surface area contributed by atoms with Crippen LogP contribution >= 0.6 is 0 Å². The maximum absolute atomic E-state index is 13.9. The molecular formula is C14H6F5NO3. The maximum Gasteiger partial charge on any atom is 0.240 e. The van der Waals surface area contributed by atoms with Crippen LogP contribution < -0.4 is 4.90 Å². The number of hydrogen-bond donors (Lipinski definition) is 0. The molecule has 3 aliphatic heterocycles. The lowest BCUT2D eigenvalue weighted by Gasteiger charge is -2.19. The van der Waals surface area contributed by atoms with Crippen molar-refractivity contribution in [1.29, 1.82) is 0 Å².